The molecule has 0 aliphatic carbocycles. The Bertz CT molecular complexity index is 1190. The smallest absolute Gasteiger partial charge is 0.408 e. The van der Waals surface area contributed by atoms with Crippen molar-refractivity contribution in [2.45, 2.75) is 90.6 Å². The van der Waals surface area contributed by atoms with Gasteiger partial charge >= 0.3 is 12.1 Å². The molecule has 3 unspecified atom stereocenters. The molecular formula is C33H47N3O6S. The molecule has 0 aliphatic rings. The van der Waals surface area contributed by atoms with Gasteiger partial charge in [-0.05, 0) is 78.0 Å². The van der Waals surface area contributed by atoms with Crippen LogP contribution in [0, 0.1) is 0 Å². The number of nitrogens with zero attached hydrogens (tertiary/aromatic N) is 1. The minimum atomic E-state index is -1.07. The first-order valence-corrected chi connectivity index (χ1v) is 16.0. The quantitative estimate of drug-likeness (QED) is 0.295. The van der Waals surface area contributed by atoms with Crippen molar-refractivity contribution in [2.24, 2.45) is 0 Å². The fourth-order valence-corrected chi connectivity index (χ4v) is 4.85. The second-order valence-electron chi connectivity index (χ2n) is 12.2. The van der Waals surface area contributed by atoms with Crippen molar-refractivity contribution in [1.82, 2.24) is 15.5 Å². The van der Waals surface area contributed by atoms with Crippen molar-refractivity contribution < 1.29 is 28.7 Å². The van der Waals surface area contributed by atoms with Crippen LogP contribution in [-0.2, 0) is 30.3 Å². The molecule has 2 N–H and O–H groups in total. The first kappa shape index (κ1) is 35.7. The number of thioether (sulfide) groups is 1. The van der Waals surface area contributed by atoms with E-state index in [0.29, 0.717) is 17.7 Å². The maximum atomic E-state index is 14.1. The minimum absolute atomic E-state index is 0.174. The van der Waals surface area contributed by atoms with Crippen molar-refractivity contribution in [3.8, 4) is 0 Å². The maximum Gasteiger partial charge on any atom is 0.408 e. The van der Waals surface area contributed by atoms with Gasteiger partial charge in [0.05, 0.1) is 0 Å². The average molecular weight is 614 g/mol. The molecule has 0 saturated heterocycles. The third-order valence-electron chi connectivity index (χ3n) is 6.19. The van der Waals surface area contributed by atoms with Gasteiger partial charge < -0.3 is 25.0 Å². The number of ether oxygens (including phenoxy) is 2. The summed E-state index contributed by atoms with van der Waals surface area (Å²) in [6.07, 6.45) is 1.75. The summed E-state index contributed by atoms with van der Waals surface area (Å²) in [6, 6.07) is 15.3. The Kier molecular flexibility index (Phi) is 13.6. The maximum absolute atomic E-state index is 14.1. The second-order valence-corrected chi connectivity index (χ2v) is 13.2. The molecule has 2 aromatic carbocycles. The van der Waals surface area contributed by atoms with Gasteiger partial charge in [-0.25, -0.2) is 9.59 Å². The summed E-state index contributed by atoms with van der Waals surface area (Å²) in [4.78, 5) is 55.6. The molecule has 3 atom stereocenters. The third-order valence-corrected chi connectivity index (χ3v) is 6.83. The van der Waals surface area contributed by atoms with Gasteiger partial charge in [0, 0.05) is 13.0 Å². The molecule has 0 bridgehead atoms. The van der Waals surface area contributed by atoms with Crippen LogP contribution < -0.4 is 10.6 Å². The summed E-state index contributed by atoms with van der Waals surface area (Å²) in [5.74, 6) is -0.934. The number of amides is 3. The summed E-state index contributed by atoms with van der Waals surface area (Å²) in [5, 5.41) is 5.60. The van der Waals surface area contributed by atoms with Gasteiger partial charge in [0.2, 0.25) is 11.8 Å². The lowest BCUT2D eigenvalue weighted by Crippen LogP contribution is -2.55. The summed E-state index contributed by atoms with van der Waals surface area (Å²) < 4.78 is 11.1. The van der Waals surface area contributed by atoms with E-state index in [2.05, 4.69) is 10.6 Å². The van der Waals surface area contributed by atoms with Crippen LogP contribution in [0.4, 0.5) is 4.79 Å². The Morgan fingerprint density at radius 2 is 1.37 bits per heavy atom. The number of carbonyl (C=O) groups is 4. The van der Waals surface area contributed by atoms with E-state index in [9.17, 15) is 19.2 Å². The monoisotopic (exact) mass is 613 g/mol. The molecule has 0 aliphatic heterocycles. The number of likely N-dealkylation sites (N-methyl/N-ethyl adjacent to an activating group) is 1. The lowest BCUT2D eigenvalue weighted by Gasteiger charge is -2.34. The number of hydrogen-bond acceptors (Lipinski definition) is 7. The van der Waals surface area contributed by atoms with Crippen LogP contribution in [0.2, 0.25) is 0 Å². The number of carbonyl (C=O) groups excluding carboxylic acids is 4. The molecule has 3 amide bonds. The van der Waals surface area contributed by atoms with Gasteiger partial charge in [0.1, 0.15) is 29.3 Å². The highest BCUT2D eigenvalue weighted by Crippen LogP contribution is 2.24. The Morgan fingerprint density at radius 3 is 1.88 bits per heavy atom. The van der Waals surface area contributed by atoms with Crippen molar-refractivity contribution in [1.29, 1.82) is 0 Å². The number of hydrogen-bond donors (Lipinski definition) is 2. The van der Waals surface area contributed by atoms with Gasteiger partial charge in [0.25, 0.3) is 0 Å². The highest BCUT2D eigenvalue weighted by molar-refractivity contribution is 7.98. The van der Waals surface area contributed by atoms with Crippen LogP contribution in [0.15, 0.2) is 60.7 Å². The van der Waals surface area contributed by atoms with E-state index in [4.69, 9.17) is 9.47 Å². The van der Waals surface area contributed by atoms with Crippen molar-refractivity contribution in [3.63, 3.8) is 0 Å². The summed E-state index contributed by atoms with van der Waals surface area (Å²) in [6.45, 7) is 12.5. The van der Waals surface area contributed by atoms with Crippen LogP contribution in [0.5, 0.6) is 0 Å². The first-order chi connectivity index (χ1) is 20.1. The van der Waals surface area contributed by atoms with Crippen LogP contribution >= 0.6 is 11.8 Å². The molecule has 9 nitrogen and oxygen atoms in total. The second kappa shape index (κ2) is 16.4. The van der Waals surface area contributed by atoms with Gasteiger partial charge in [-0.2, -0.15) is 11.8 Å². The van der Waals surface area contributed by atoms with Crippen LogP contribution in [-0.4, -0.2) is 70.6 Å². The minimum Gasteiger partial charge on any atom is -0.458 e. The predicted octanol–water partition coefficient (Wildman–Crippen LogP) is 5.29. The fourth-order valence-electron chi connectivity index (χ4n) is 4.38. The Balaban J connectivity index is 2.46. The lowest BCUT2D eigenvalue weighted by atomic mass is 10.0. The Hall–Kier alpha value is -3.53. The Labute approximate surface area is 260 Å². The van der Waals surface area contributed by atoms with Crippen LogP contribution in [0.1, 0.15) is 72.1 Å². The summed E-state index contributed by atoms with van der Waals surface area (Å²) in [5.41, 5.74) is -0.0988. The number of alkyl carbamates (subject to hydrolysis) is 1. The predicted molar refractivity (Wildman–Crippen MR) is 171 cm³/mol. The van der Waals surface area contributed by atoms with E-state index in [1.165, 1.54) is 4.90 Å². The van der Waals surface area contributed by atoms with Gasteiger partial charge in [0.15, 0.2) is 0 Å². The average Bonchev–Trinajstić information content (AvgIpc) is 2.92. The zero-order valence-electron chi connectivity index (χ0n) is 26.6. The summed E-state index contributed by atoms with van der Waals surface area (Å²) >= 11 is 1.54. The molecule has 0 radical (unpaired) electrons. The topological polar surface area (TPSA) is 114 Å². The van der Waals surface area contributed by atoms with Gasteiger partial charge in [-0.3, -0.25) is 9.59 Å². The molecule has 10 heteroatoms. The molecule has 0 saturated carbocycles. The molecule has 0 fully saturated rings. The molecular weight excluding hydrogens is 566 g/mol. The Morgan fingerprint density at radius 1 is 0.814 bits per heavy atom. The number of nitrogens with one attached hydrogen (secondary N) is 2. The molecule has 2 rings (SSSR count). The van der Waals surface area contributed by atoms with Crippen LogP contribution in [0.25, 0.3) is 0 Å². The van der Waals surface area contributed by atoms with Gasteiger partial charge in [-0.1, -0.05) is 60.7 Å². The van der Waals surface area contributed by atoms with E-state index in [-0.39, 0.29) is 13.0 Å². The highest BCUT2D eigenvalue weighted by atomic mass is 32.2. The van der Waals surface area contributed by atoms with Crippen molar-refractivity contribution in [3.05, 3.63) is 71.8 Å². The fraction of sp³-hybridized carbons (Fsp3) is 0.515. The normalized spacial score (nSPS) is 13.7. The molecule has 0 spiro atoms. The van der Waals surface area contributed by atoms with Gasteiger partial charge in [-0.15, -0.1) is 0 Å². The number of esters is 1. The molecule has 0 heterocycles. The number of rotatable bonds is 13. The van der Waals surface area contributed by atoms with E-state index in [1.54, 1.807) is 84.5 Å². The van der Waals surface area contributed by atoms with Crippen LogP contribution in [0.3, 0.4) is 0 Å². The van der Waals surface area contributed by atoms with E-state index < -0.39 is 53.2 Å². The van der Waals surface area contributed by atoms with E-state index in [0.717, 1.165) is 5.56 Å². The summed E-state index contributed by atoms with van der Waals surface area (Å²) in [7, 11) is 0. The largest absolute Gasteiger partial charge is 0.458 e. The zero-order valence-corrected chi connectivity index (χ0v) is 27.5. The molecule has 236 valence electrons. The van der Waals surface area contributed by atoms with E-state index >= 15 is 0 Å². The molecule has 2 aromatic rings. The first-order valence-electron chi connectivity index (χ1n) is 14.6. The van der Waals surface area contributed by atoms with Crippen molar-refractivity contribution >= 4 is 35.6 Å². The lowest BCUT2D eigenvalue weighted by molar-refractivity contribution is -0.159. The molecule has 0 aromatic heterocycles. The third kappa shape index (κ3) is 12.3. The number of benzene rings is 2. The van der Waals surface area contributed by atoms with E-state index in [1.807, 2.05) is 42.7 Å². The highest BCUT2D eigenvalue weighted by Gasteiger charge is 2.37. The zero-order chi connectivity index (χ0) is 32.2. The molecule has 43 heavy (non-hydrogen) atoms. The SMILES string of the molecule is CCN(C(=O)C(CCSC)NC(=O)OC(C)(C)C)C(C(=O)NC(Cc1ccccc1)C(=O)OC(C)(C)C)c1ccccc1. The van der Waals surface area contributed by atoms with Crippen molar-refractivity contribution in [2.75, 3.05) is 18.6 Å². The standard InChI is InChI=1S/C33H47N3O6S/c1-9-36(29(38)25(20-21-43-8)35-31(40)42-33(5,6)7)27(24-18-14-11-15-19-24)28(37)34-26(30(39)41-32(2,3)4)22-23-16-12-10-13-17-23/h10-19,25-27H,9,20-22H2,1-8H3,(H,34,37)(H,35,40).